The standard InChI is InChI=1S/C27H30ClF3N6O6/c1-13-33-23(37(36-13)16-10-15(28)11-32-22(16)27(29,30)31)21-19(38)18(34-35-25(39)43-26(2,3)4)20-17(41-21)12-40-24(42-20)14-8-6-5-7-9-14/h5-11,17-21,24,34,38H,12H2,1-4H3,(H,35,39)/t17?,18?,19?,20-,21+,24?/m0/s1. The Morgan fingerprint density at radius 1 is 1.19 bits per heavy atom. The zero-order valence-electron chi connectivity index (χ0n) is 23.5. The Hall–Kier alpha value is -3.34. The van der Waals surface area contributed by atoms with Crippen molar-refractivity contribution in [3.05, 3.63) is 70.5 Å². The van der Waals surface area contributed by atoms with Crippen LogP contribution in [0.4, 0.5) is 18.0 Å². The second-order valence-electron chi connectivity index (χ2n) is 11.0. The van der Waals surface area contributed by atoms with Gasteiger partial charge >= 0.3 is 12.3 Å². The molecule has 0 bridgehead atoms. The normalized spacial score (nSPS) is 26.1. The summed E-state index contributed by atoms with van der Waals surface area (Å²) in [5, 5.41) is 15.7. The van der Waals surface area contributed by atoms with Crippen molar-refractivity contribution in [2.45, 2.75) is 76.2 Å². The van der Waals surface area contributed by atoms with Gasteiger partial charge in [0.2, 0.25) is 0 Å². The largest absolute Gasteiger partial charge is 0.443 e. The number of pyridine rings is 1. The number of alkyl halides is 3. The molecule has 3 aromatic rings. The summed E-state index contributed by atoms with van der Waals surface area (Å²) in [5.41, 5.74) is 3.32. The molecule has 232 valence electrons. The van der Waals surface area contributed by atoms with Gasteiger partial charge in [-0.25, -0.2) is 24.9 Å². The van der Waals surface area contributed by atoms with Gasteiger partial charge in [0.1, 0.15) is 35.8 Å². The van der Waals surface area contributed by atoms with Gasteiger partial charge in [-0.05, 0) is 33.8 Å². The van der Waals surface area contributed by atoms with Gasteiger partial charge in [0, 0.05) is 11.8 Å². The first-order chi connectivity index (χ1) is 20.2. The summed E-state index contributed by atoms with van der Waals surface area (Å²) in [7, 11) is 0. The van der Waals surface area contributed by atoms with Gasteiger partial charge in [0.25, 0.3) is 0 Å². The number of halogens is 4. The fourth-order valence-corrected chi connectivity index (χ4v) is 5.00. The number of carbonyl (C=O) groups is 1. The maximum atomic E-state index is 13.9. The monoisotopic (exact) mass is 626 g/mol. The maximum Gasteiger partial charge on any atom is 0.435 e. The van der Waals surface area contributed by atoms with Crippen molar-refractivity contribution in [1.29, 1.82) is 0 Å². The topological polar surface area (TPSA) is 142 Å². The number of rotatable bonds is 5. The van der Waals surface area contributed by atoms with Gasteiger partial charge in [0.15, 0.2) is 17.8 Å². The van der Waals surface area contributed by atoms with Crippen molar-refractivity contribution >= 4 is 17.7 Å². The van der Waals surface area contributed by atoms with E-state index in [9.17, 15) is 23.1 Å². The summed E-state index contributed by atoms with van der Waals surface area (Å²) in [5.74, 6) is -0.0648. The molecule has 43 heavy (non-hydrogen) atoms. The number of hydrazine groups is 1. The van der Waals surface area contributed by atoms with Crippen LogP contribution in [0.1, 0.15) is 56.1 Å². The number of aromatic nitrogens is 4. The molecule has 5 rings (SSSR count). The molecular weight excluding hydrogens is 597 g/mol. The first-order valence-corrected chi connectivity index (χ1v) is 13.7. The molecule has 0 spiro atoms. The van der Waals surface area contributed by atoms with Crippen molar-refractivity contribution in [2.24, 2.45) is 0 Å². The van der Waals surface area contributed by atoms with E-state index in [4.69, 9.17) is 30.5 Å². The van der Waals surface area contributed by atoms with E-state index in [1.165, 1.54) is 6.92 Å². The number of carbonyl (C=O) groups excluding carboxylic acids is 1. The maximum absolute atomic E-state index is 13.9. The molecular formula is C27H30ClF3N6O6. The molecule has 0 saturated carbocycles. The smallest absolute Gasteiger partial charge is 0.435 e. The Kier molecular flexibility index (Phi) is 8.66. The number of fused-ring (bicyclic) bond motifs is 1. The van der Waals surface area contributed by atoms with Crippen LogP contribution in [-0.4, -0.2) is 67.5 Å². The van der Waals surface area contributed by atoms with E-state index in [0.29, 0.717) is 5.56 Å². The first-order valence-electron chi connectivity index (χ1n) is 13.3. The molecule has 6 atom stereocenters. The third-order valence-corrected chi connectivity index (χ3v) is 6.75. The summed E-state index contributed by atoms with van der Waals surface area (Å²) < 4.78 is 66.3. The van der Waals surface area contributed by atoms with E-state index in [1.807, 2.05) is 18.2 Å². The summed E-state index contributed by atoms with van der Waals surface area (Å²) in [6.45, 7) is 6.51. The third-order valence-electron chi connectivity index (χ3n) is 6.55. The van der Waals surface area contributed by atoms with E-state index in [0.717, 1.165) is 16.9 Å². The van der Waals surface area contributed by atoms with E-state index >= 15 is 0 Å². The molecule has 0 radical (unpaired) electrons. The molecule has 2 fully saturated rings. The number of ether oxygens (including phenoxy) is 4. The third kappa shape index (κ3) is 6.92. The van der Waals surface area contributed by atoms with Gasteiger partial charge in [-0.15, -0.1) is 0 Å². The molecule has 2 saturated heterocycles. The summed E-state index contributed by atoms with van der Waals surface area (Å²) in [6, 6.07) is 9.03. The fourth-order valence-electron chi connectivity index (χ4n) is 4.84. The highest BCUT2D eigenvalue weighted by molar-refractivity contribution is 6.30. The number of benzene rings is 1. The lowest BCUT2D eigenvalue weighted by atomic mass is 9.91. The number of aryl methyl sites for hydroxylation is 1. The van der Waals surface area contributed by atoms with Crippen LogP contribution in [0.2, 0.25) is 5.02 Å². The molecule has 2 aliphatic rings. The van der Waals surface area contributed by atoms with Gasteiger partial charge in [-0.3, -0.25) is 5.43 Å². The number of amides is 1. The first kappa shape index (κ1) is 31.1. The van der Waals surface area contributed by atoms with Gasteiger partial charge in [-0.2, -0.15) is 18.3 Å². The molecule has 4 unspecified atom stereocenters. The number of hydrogen-bond acceptors (Lipinski definition) is 10. The molecule has 0 aliphatic carbocycles. The van der Waals surface area contributed by atoms with Crippen LogP contribution in [0, 0.1) is 6.92 Å². The number of hydrogen-bond donors (Lipinski definition) is 3. The average Bonchev–Trinajstić information content (AvgIpc) is 3.32. The second kappa shape index (κ2) is 12.0. The van der Waals surface area contributed by atoms with Crippen LogP contribution in [-0.2, 0) is 25.1 Å². The molecule has 2 aromatic heterocycles. The molecule has 1 aromatic carbocycles. The van der Waals surface area contributed by atoms with Gasteiger partial charge in [0.05, 0.1) is 23.4 Å². The molecule has 1 amide bonds. The average molecular weight is 627 g/mol. The number of nitrogens with one attached hydrogen (secondary N) is 2. The van der Waals surface area contributed by atoms with Crippen LogP contribution in [0.25, 0.3) is 5.69 Å². The Balaban J connectivity index is 1.50. The van der Waals surface area contributed by atoms with Crippen LogP contribution >= 0.6 is 11.6 Å². The van der Waals surface area contributed by atoms with E-state index in [2.05, 4.69) is 25.9 Å². The van der Waals surface area contributed by atoms with Crippen LogP contribution in [0.5, 0.6) is 0 Å². The predicted octanol–water partition coefficient (Wildman–Crippen LogP) is 3.96. The SMILES string of the molecule is Cc1nc([C@@H]2OC3COC(c4ccccc4)O[C@@H]3C(NNC(=O)OC(C)(C)C)C2O)n(-c2cc(Cl)cnc2C(F)(F)F)n1. The predicted molar refractivity (Wildman–Crippen MR) is 144 cm³/mol. The zero-order valence-corrected chi connectivity index (χ0v) is 24.3. The summed E-state index contributed by atoms with van der Waals surface area (Å²) in [6.07, 6.45) is -10.3. The Morgan fingerprint density at radius 2 is 1.91 bits per heavy atom. The van der Waals surface area contributed by atoms with E-state index in [1.54, 1.807) is 32.9 Å². The fraction of sp³-hybridized carbons (Fsp3) is 0.481. The number of aliphatic hydroxyl groups is 1. The lowest BCUT2D eigenvalue weighted by Gasteiger charge is -2.48. The minimum atomic E-state index is -4.85. The lowest BCUT2D eigenvalue weighted by molar-refractivity contribution is -0.313. The zero-order chi connectivity index (χ0) is 31.1. The van der Waals surface area contributed by atoms with Crippen molar-refractivity contribution in [3.8, 4) is 5.69 Å². The highest BCUT2D eigenvalue weighted by Crippen LogP contribution is 2.40. The summed E-state index contributed by atoms with van der Waals surface area (Å²) >= 11 is 6.02. The Bertz CT molecular complexity index is 1450. The van der Waals surface area contributed by atoms with Crippen LogP contribution in [0.3, 0.4) is 0 Å². The number of aliphatic hydroxyl groups excluding tert-OH is 1. The molecule has 2 aliphatic heterocycles. The molecule has 12 nitrogen and oxygen atoms in total. The molecule has 16 heteroatoms. The van der Waals surface area contributed by atoms with E-state index in [-0.39, 0.29) is 23.3 Å². The van der Waals surface area contributed by atoms with Crippen LogP contribution < -0.4 is 10.9 Å². The van der Waals surface area contributed by atoms with Crippen molar-refractivity contribution < 1.29 is 42.0 Å². The highest BCUT2D eigenvalue weighted by Gasteiger charge is 2.52. The molecule has 4 heterocycles. The minimum absolute atomic E-state index is 0.0162. The minimum Gasteiger partial charge on any atom is -0.443 e. The summed E-state index contributed by atoms with van der Waals surface area (Å²) in [4.78, 5) is 20.3. The highest BCUT2D eigenvalue weighted by atomic mass is 35.5. The van der Waals surface area contributed by atoms with Crippen molar-refractivity contribution in [1.82, 2.24) is 30.6 Å². The van der Waals surface area contributed by atoms with Crippen LogP contribution in [0.15, 0.2) is 42.6 Å². The number of nitrogens with zero attached hydrogens (tertiary/aromatic N) is 4. The van der Waals surface area contributed by atoms with Crippen molar-refractivity contribution in [2.75, 3.05) is 6.61 Å². The van der Waals surface area contributed by atoms with Crippen molar-refractivity contribution in [3.63, 3.8) is 0 Å². The lowest BCUT2D eigenvalue weighted by Crippen LogP contribution is -2.66. The second-order valence-corrected chi connectivity index (χ2v) is 11.4. The van der Waals surface area contributed by atoms with Gasteiger partial charge < -0.3 is 24.1 Å². The molecule has 3 N–H and O–H groups in total. The Labute approximate surface area is 249 Å². The van der Waals surface area contributed by atoms with E-state index < -0.39 is 66.0 Å². The quantitative estimate of drug-likeness (QED) is 0.356. The Morgan fingerprint density at radius 3 is 2.58 bits per heavy atom. The van der Waals surface area contributed by atoms with Gasteiger partial charge in [-0.1, -0.05) is 41.9 Å².